The van der Waals surface area contributed by atoms with Crippen molar-refractivity contribution in [3.63, 3.8) is 0 Å². The Morgan fingerprint density at radius 3 is 2.61 bits per heavy atom. The number of amides is 1. The van der Waals surface area contributed by atoms with Crippen LogP contribution in [0.2, 0.25) is 10.0 Å². The molecule has 0 unspecified atom stereocenters. The molecule has 1 amide bonds. The summed E-state index contributed by atoms with van der Waals surface area (Å²) in [6.45, 7) is 1.80. The first-order valence-electron chi connectivity index (χ1n) is 4.78. The third-order valence-electron chi connectivity index (χ3n) is 1.81. The van der Waals surface area contributed by atoms with Crippen LogP contribution in [0.3, 0.4) is 0 Å². The van der Waals surface area contributed by atoms with Crippen LogP contribution >= 0.6 is 23.2 Å². The lowest BCUT2D eigenvalue weighted by molar-refractivity contribution is -0.384. The molecule has 1 aromatic rings. The van der Waals surface area contributed by atoms with Gasteiger partial charge in [-0.2, -0.15) is 0 Å². The number of hydrogen-bond acceptors (Lipinski definition) is 5. The van der Waals surface area contributed by atoms with Gasteiger partial charge in [0.15, 0.2) is 0 Å². The molecule has 0 spiro atoms. The molecule has 1 rings (SSSR count). The molecular weight excluding hydrogens is 285 g/mol. The maximum atomic E-state index is 11.0. The predicted molar refractivity (Wildman–Crippen MR) is 66.9 cm³/mol. The molecule has 0 fully saturated rings. The van der Waals surface area contributed by atoms with E-state index in [9.17, 15) is 14.9 Å². The minimum atomic E-state index is -0.766. The van der Waals surface area contributed by atoms with Gasteiger partial charge in [-0.15, -0.1) is 0 Å². The van der Waals surface area contributed by atoms with E-state index in [0.29, 0.717) is 0 Å². The van der Waals surface area contributed by atoms with Gasteiger partial charge in [0.1, 0.15) is 5.69 Å². The molecule has 98 valence electrons. The summed E-state index contributed by atoms with van der Waals surface area (Å²) in [6, 6.07) is 2.31. The van der Waals surface area contributed by atoms with Crippen LogP contribution in [0.25, 0.3) is 0 Å². The second kappa shape index (κ2) is 6.27. The zero-order chi connectivity index (χ0) is 13.7. The lowest BCUT2D eigenvalue weighted by atomic mass is 10.3. The van der Waals surface area contributed by atoms with Crippen molar-refractivity contribution in [2.24, 2.45) is 0 Å². The molecule has 0 aromatic heterocycles. The van der Waals surface area contributed by atoms with E-state index in [0.717, 1.165) is 6.07 Å². The van der Waals surface area contributed by atoms with Crippen LogP contribution < -0.4 is 10.9 Å². The third kappa shape index (κ3) is 3.64. The highest BCUT2D eigenvalue weighted by Crippen LogP contribution is 2.33. The van der Waals surface area contributed by atoms with Crippen LogP contribution in [0.15, 0.2) is 12.1 Å². The van der Waals surface area contributed by atoms with Gasteiger partial charge in [0.25, 0.3) is 5.69 Å². The molecule has 0 atom stereocenters. The van der Waals surface area contributed by atoms with Gasteiger partial charge in [-0.3, -0.25) is 15.5 Å². The van der Waals surface area contributed by atoms with Crippen molar-refractivity contribution in [1.82, 2.24) is 5.43 Å². The molecule has 0 aliphatic carbocycles. The minimum absolute atomic E-state index is 0.00227. The van der Waals surface area contributed by atoms with E-state index in [1.165, 1.54) is 6.07 Å². The Kier molecular flexibility index (Phi) is 4.99. The molecule has 2 N–H and O–H groups in total. The fourth-order valence-corrected chi connectivity index (χ4v) is 1.39. The SMILES string of the molecule is CCOC(=O)NNc1cc(Cl)c(Cl)cc1[N+](=O)[O-]. The first-order chi connectivity index (χ1) is 8.45. The summed E-state index contributed by atoms with van der Waals surface area (Å²) in [5.41, 5.74) is 4.15. The largest absolute Gasteiger partial charge is 0.449 e. The number of halogens is 2. The fraction of sp³-hybridized carbons (Fsp3) is 0.222. The topological polar surface area (TPSA) is 93.5 Å². The lowest BCUT2D eigenvalue weighted by Crippen LogP contribution is -2.30. The molecule has 0 aliphatic rings. The fourth-order valence-electron chi connectivity index (χ4n) is 1.07. The highest BCUT2D eigenvalue weighted by atomic mass is 35.5. The van der Waals surface area contributed by atoms with Gasteiger partial charge in [-0.25, -0.2) is 10.2 Å². The molecule has 18 heavy (non-hydrogen) atoms. The summed E-state index contributed by atoms with van der Waals surface area (Å²) >= 11 is 11.4. The number of hydrogen-bond donors (Lipinski definition) is 2. The van der Waals surface area contributed by atoms with Crippen LogP contribution in [-0.4, -0.2) is 17.6 Å². The van der Waals surface area contributed by atoms with Crippen molar-refractivity contribution in [2.45, 2.75) is 6.92 Å². The van der Waals surface area contributed by atoms with Crippen molar-refractivity contribution in [2.75, 3.05) is 12.0 Å². The van der Waals surface area contributed by atoms with Crippen molar-refractivity contribution in [1.29, 1.82) is 0 Å². The Hall–Kier alpha value is -1.73. The number of nitrogens with zero attached hydrogens (tertiary/aromatic N) is 1. The van der Waals surface area contributed by atoms with Gasteiger partial charge in [0.05, 0.1) is 21.6 Å². The number of nitrogens with one attached hydrogen (secondary N) is 2. The molecule has 0 heterocycles. The normalized spacial score (nSPS) is 9.72. The van der Waals surface area contributed by atoms with Crippen molar-refractivity contribution < 1.29 is 14.5 Å². The number of nitro groups is 1. The third-order valence-corrected chi connectivity index (χ3v) is 2.53. The highest BCUT2D eigenvalue weighted by Gasteiger charge is 2.17. The molecular formula is C9H9Cl2N3O4. The molecule has 1 aromatic carbocycles. The van der Waals surface area contributed by atoms with E-state index in [-0.39, 0.29) is 28.0 Å². The molecule has 7 nitrogen and oxygen atoms in total. The maximum Gasteiger partial charge on any atom is 0.425 e. The van der Waals surface area contributed by atoms with E-state index in [1.54, 1.807) is 6.92 Å². The second-order valence-corrected chi connectivity index (χ2v) is 3.83. The standard InChI is InChI=1S/C9H9Cl2N3O4/c1-2-18-9(15)13-12-7-3-5(10)6(11)4-8(7)14(16)17/h3-4,12H,2H2,1H3,(H,13,15). The van der Waals surface area contributed by atoms with E-state index in [4.69, 9.17) is 23.2 Å². The van der Waals surface area contributed by atoms with Crippen molar-refractivity contribution in [3.8, 4) is 0 Å². The Balaban J connectivity index is 2.90. The van der Waals surface area contributed by atoms with E-state index in [2.05, 4.69) is 15.6 Å². The molecule has 9 heteroatoms. The van der Waals surface area contributed by atoms with Crippen LogP contribution in [0, 0.1) is 10.1 Å². The van der Waals surface area contributed by atoms with Crippen molar-refractivity contribution >= 4 is 40.7 Å². The average molecular weight is 294 g/mol. The number of ether oxygens (including phenoxy) is 1. The van der Waals surface area contributed by atoms with Crippen LogP contribution in [-0.2, 0) is 4.74 Å². The summed E-state index contributed by atoms with van der Waals surface area (Å²) in [5.74, 6) is 0. The Bertz CT molecular complexity index is 481. The summed E-state index contributed by atoms with van der Waals surface area (Å²) in [7, 11) is 0. The van der Waals surface area contributed by atoms with Crippen LogP contribution in [0.4, 0.5) is 16.2 Å². The second-order valence-electron chi connectivity index (χ2n) is 3.01. The van der Waals surface area contributed by atoms with Crippen LogP contribution in [0.5, 0.6) is 0 Å². The maximum absolute atomic E-state index is 11.0. The quantitative estimate of drug-likeness (QED) is 0.657. The molecule has 0 saturated carbocycles. The summed E-state index contributed by atoms with van der Waals surface area (Å²) in [5, 5.41) is 10.9. The monoisotopic (exact) mass is 293 g/mol. The first-order valence-corrected chi connectivity index (χ1v) is 5.53. The van der Waals surface area contributed by atoms with Gasteiger partial charge in [0.2, 0.25) is 0 Å². The average Bonchev–Trinajstić information content (AvgIpc) is 2.30. The number of carbonyl (C=O) groups is 1. The predicted octanol–water partition coefficient (Wildman–Crippen LogP) is 2.97. The summed E-state index contributed by atoms with van der Waals surface area (Å²) in [4.78, 5) is 21.1. The van der Waals surface area contributed by atoms with Crippen molar-refractivity contribution in [3.05, 3.63) is 32.3 Å². The Morgan fingerprint density at radius 2 is 2.06 bits per heavy atom. The van der Waals surface area contributed by atoms with E-state index >= 15 is 0 Å². The number of hydrazine groups is 1. The summed E-state index contributed by atoms with van der Waals surface area (Å²) < 4.78 is 4.58. The number of rotatable bonds is 4. The Labute approximate surface area is 112 Å². The van der Waals surface area contributed by atoms with Gasteiger partial charge < -0.3 is 4.74 Å². The van der Waals surface area contributed by atoms with E-state index < -0.39 is 11.0 Å². The van der Waals surface area contributed by atoms with Gasteiger partial charge in [-0.1, -0.05) is 23.2 Å². The molecule has 0 radical (unpaired) electrons. The van der Waals surface area contributed by atoms with Gasteiger partial charge in [-0.05, 0) is 13.0 Å². The Morgan fingerprint density at radius 1 is 1.44 bits per heavy atom. The minimum Gasteiger partial charge on any atom is -0.449 e. The lowest BCUT2D eigenvalue weighted by Gasteiger charge is -2.09. The zero-order valence-electron chi connectivity index (χ0n) is 9.20. The number of carbonyl (C=O) groups excluding carboxylic acids is 1. The first kappa shape index (κ1) is 14.3. The van der Waals surface area contributed by atoms with Gasteiger partial charge in [0, 0.05) is 6.07 Å². The smallest absolute Gasteiger partial charge is 0.425 e. The van der Waals surface area contributed by atoms with E-state index in [1.807, 2.05) is 0 Å². The summed E-state index contributed by atoms with van der Waals surface area (Å²) in [6.07, 6.45) is -0.766. The highest BCUT2D eigenvalue weighted by molar-refractivity contribution is 6.42. The number of nitro benzene ring substituents is 1. The number of anilines is 1. The molecule has 0 aliphatic heterocycles. The van der Waals surface area contributed by atoms with Gasteiger partial charge >= 0.3 is 6.09 Å². The molecule has 0 saturated heterocycles. The molecule has 0 bridgehead atoms. The van der Waals surface area contributed by atoms with Crippen LogP contribution in [0.1, 0.15) is 6.92 Å². The number of benzene rings is 1. The zero-order valence-corrected chi connectivity index (χ0v) is 10.7.